The molecule has 1 amide bonds. The van der Waals surface area contributed by atoms with Gasteiger partial charge in [-0.15, -0.1) is 0 Å². The van der Waals surface area contributed by atoms with Gasteiger partial charge in [-0.1, -0.05) is 72.3 Å². The van der Waals surface area contributed by atoms with E-state index in [9.17, 15) is 14.7 Å². The summed E-state index contributed by atoms with van der Waals surface area (Å²) in [6.07, 6.45) is 0.726. The summed E-state index contributed by atoms with van der Waals surface area (Å²) in [5.74, 6) is 3.80. The number of benzene rings is 5. The highest BCUT2D eigenvalue weighted by Crippen LogP contribution is 2.25. The van der Waals surface area contributed by atoms with Gasteiger partial charge >= 0.3 is 12.1 Å². The average Bonchev–Trinajstić information content (AvgIpc) is 3.86. The zero-order valence-corrected chi connectivity index (χ0v) is 36.2. The van der Waals surface area contributed by atoms with Gasteiger partial charge in [0, 0.05) is 48.6 Å². The van der Waals surface area contributed by atoms with Gasteiger partial charge in [0.15, 0.2) is 0 Å². The fourth-order valence-electron chi connectivity index (χ4n) is 7.01. The maximum absolute atomic E-state index is 12.7. The summed E-state index contributed by atoms with van der Waals surface area (Å²) in [6, 6.07) is 40.9. The Morgan fingerprint density at radius 2 is 1.24 bits per heavy atom. The normalized spacial score (nSPS) is 13.8. The fraction of sp³-hybridized carbons (Fsp3) is 0.240. The average molecular weight is 869 g/mol. The summed E-state index contributed by atoms with van der Waals surface area (Å²) in [5.41, 5.74) is 5.82. The zero-order valence-electron chi connectivity index (χ0n) is 35.4. The molecule has 3 heterocycles. The van der Waals surface area contributed by atoms with Gasteiger partial charge in [-0.3, -0.25) is 9.69 Å². The molecule has 12 nitrogen and oxygen atoms in total. The first kappa shape index (κ1) is 44.2. The maximum Gasteiger partial charge on any atom is 0.415 e. The van der Waals surface area contributed by atoms with Crippen LogP contribution in [0.15, 0.2) is 142 Å². The molecule has 0 aliphatic carbocycles. The molecule has 0 saturated carbocycles. The smallest absolute Gasteiger partial charge is 0.415 e. The molecule has 1 fully saturated rings. The zero-order chi connectivity index (χ0) is 44.1. The lowest BCUT2D eigenvalue weighted by Crippen LogP contribution is -2.57. The second kappa shape index (κ2) is 21.3. The molecule has 1 unspecified atom stereocenters. The van der Waals surface area contributed by atoms with E-state index in [0.29, 0.717) is 67.6 Å². The number of aromatic nitrogens is 2. The lowest BCUT2D eigenvalue weighted by atomic mass is 10.1. The second-order valence-corrected chi connectivity index (χ2v) is 15.5. The van der Waals surface area contributed by atoms with Crippen molar-refractivity contribution >= 4 is 23.7 Å². The summed E-state index contributed by atoms with van der Waals surface area (Å²) < 4.78 is 28.8. The molecule has 2 aromatic heterocycles. The van der Waals surface area contributed by atoms with E-state index in [1.54, 1.807) is 24.3 Å². The number of amides is 1. The van der Waals surface area contributed by atoms with Crippen LogP contribution >= 0.6 is 11.6 Å². The van der Waals surface area contributed by atoms with Crippen molar-refractivity contribution < 1.29 is 37.7 Å². The highest BCUT2D eigenvalue weighted by atomic mass is 35.5. The number of hydrogen-bond acceptors (Lipinski definition) is 10. The number of carbonyl (C=O) groups excluding carboxylic acids is 1. The largest absolute Gasteiger partial charge is 0.493 e. The molecule has 0 spiro atoms. The SMILES string of the molecule is Cc1cccc(OCCc2nc(-c3ccccc3)oc2C)c1.Cc1oc(-c2ccccc2)nc1CCOc1cccc(CN2CCN(C(=O)Oc3ccc(Cl)cc3)CC2C(=O)O)c1. The van der Waals surface area contributed by atoms with E-state index in [2.05, 4.69) is 23.0 Å². The molecule has 63 heavy (non-hydrogen) atoms. The number of aliphatic carboxylic acids is 1. The summed E-state index contributed by atoms with van der Waals surface area (Å²) >= 11 is 5.88. The molecular formula is C50H49ClN4O8. The van der Waals surface area contributed by atoms with Crippen molar-refractivity contribution in [1.29, 1.82) is 0 Å². The van der Waals surface area contributed by atoms with Gasteiger partial charge in [0.25, 0.3) is 0 Å². The predicted octanol–water partition coefficient (Wildman–Crippen LogP) is 10.3. The van der Waals surface area contributed by atoms with Crippen molar-refractivity contribution in [3.8, 4) is 40.2 Å². The topological polar surface area (TPSA) is 141 Å². The molecule has 0 bridgehead atoms. The number of carbonyl (C=O) groups is 2. The van der Waals surface area contributed by atoms with Gasteiger partial charge in [0.05, 0.1) is 31.1 Å². The molecule has 1 atom stereocenters. The Kier molecular flexibility index (Phi) is 14.9. The fourth-order valence-corrected chi connectivity index (χ4v) is 7.14. The Bertz CT molecular complexity index is 2580. The number of nitrogens with zero attached hydrogens (tertiary/aromatic N) is 4. The first-order valence-electron chi connectivity index (χ1n) is 20.7. The number of aryl methyl sites for hydroxylation is 3. The van der Waals surface area contributed by atoms with Crippen LogP contribution in [0, 0.1) is 20.8 Å². The summed E-state index contributed by atoms with van der Waals surface area (Å²) in [5, 5.41) is 10.4. The molecular weight excluding hydrogens is 820 g/mol. The lowest BCUT2D eigenvalue weighted by molar-refractivity contribution is -0.145. The number of oxazole rings is 2. The molecule has 13 heteroatoms. The van der Waals surface area contributed by atoms with Gasteiger partial charge in [-0.2, -0.15) is 0 Å². The predicted molar refractivity (Wildman–Crippen MR) is 240 cm³/mol. The molecule has 7 aromatic rings. The molecule has 1 N–H and O–H groups in total. The van der Waals surface area contributed by atoms with Crippen molar-refractivity contribution in [1.82, 2.24) is 19.8 Å². The molecule has 5 aromatic carbocycles. The monoisotopic (exact) mass is 868 g/mol. The van der Waals surface area contributed by atoms with Crippen LogP contribution in [0.1, 0.15) is 34.0 Å². The summed E-state index contributed by atoms with van der Waals surface area (Å²) in [6.45, 7) is 8.04. The van der Waals surface area contributed by atoms with Crippen LogP contribution in [-0.4, -0.2) is 75.8 Å². The number of rotatable bonds is 14. The van der Waals surface area contributed by atoms with Crippen LogP contribution in [0.4, 0.5) is 4.79 Å². The van der Waals surface area contributed by atoms with Crippen LogP contribution in [0.2, 0.25) is 5.02 Å². The van der Waals surface area contributed by atoms with Gasteiger partial charge in [0.1, 0.15) is 34.8 Å². The van der Waals surface area contributed by atoms with Crippen molar-refractivity contribution in [3.05, 3.63) is 173 Å². The minimum Gasteiger partial charge on any atom is -0.493 e. The molecule has 1 saturated heterocycles. The van der Waals surface area contributed by atoms with E-state index in [4.69, 9.17) is 34.6 Å². The van der Waals surface area contributed by atoms with Crippen LogP contribution in [-0.2, 0) is 24.2 Å². The van der Waals surface area contributed by atoms with E-state index in [0.717, 1.165) is 51.8 Å². The Morgan fingerprint density at radius 3 is 1.79 bits per heavy atom. The molecule has 324 valence electrons. The van der Waals surface area contributed by atoms with E-state index >= 15 is 0 Å². The highest BCUT2D eigenvalue weighted by molar-refractivity contribution is 6.30. The molecule has 8 rings (SSSR count). The van der Waals surface area contributed by atoms with Crippen LogP contribution in [0.25, 0.3) is 22.9 Å². The number of halogens is 1. The minimum atomic E-state index is -1.00. The first-order chi connectivity index (χ1) is 30.6. The Labute approximate surface area is 371 Å². The summed E-state index contributed by atoms with van der Waals surface area (Å²) in [7, 11) is 0. The van der Waals surface area contributed by atoms with Gasteiger partial charge in [0.2, 0.25) is 11.8 Å². The molecule has 1 aliphatic heterocycles. The van der Waals surface area contributed by atoms with Gasteiger partial charge in [-0.25, -0.2) is 14.8 Å². The van der Waals surface area contributed by atoms with Crippen molar-refractivity contribution in [2.24, 2.45) is 0 Å². The third-order valence-corrected chi connectivity index (χ3v) is 10.6. The third kappa shape index (κ3) is 12.4. The first-order valence-corrected chi connectivity index (χ1v) is 21.1. The standard InChI is InChI=1S/C31H30ClN3O6.C19H19NO2/c1-21-27(33-29(40-21)23-7-3-2-4-8-23)14-17-39-26-9-5-6-22(18-26)19-34-15-16-35(20-28(34)30(36)37)31(38)41-25-12-10-24(32)11-13-25;1-14-7-6-10-17(13-14)21-12-11-18-15(2)22-19(20-18)16-8-4-3-5-9-16/h2-13,18,28H,14-17,19-20H2,1H3,(H,36,37);3-10,13H,11-12H2,1-2H3. The number of ether oxygens (including phenoxy) is 3. The summed E-state index contributed by atoms with van der Waals surface area (Å²) in [4.78, 5) is 37.2. The van der Waals surface area contributed by atoms with E-state index < -0.39 is 18.1 Å². The van der Waals surface area contributed by atoms with Crippen molar-refractivity contribution in [2.75, 3.05) is 32.8 Å². The lowest BCUT2D eigenvalue weighted by Gasteiger charge is -2.38. The van der Waals surface area contributed by atoms with Gasteiger partial charge in [-0.05, 0) is 105 Å². The van der Waals surface area contributed by atoms with Gasteiger partial charge < -0.3 is 33.1 Å². The second-order valence-electron chi connectivity index (χ2n) is 15.0. The maximum atomic E-state index is 12.7. The number of carboxylic acids is 1. The van der Waals surface area contributed by atoms with E-state index in [1.165, 1.54) is 10.5 Å². The molecule has 1 aliphatic rings. The van der Waals surface area contributed by atoms with E-state index in [-0.39, 0.29) is 6.54 Å². The number of carboxylic acid groups (broad SMARTS) is 1. The number of piperazine rings is 1. The van der Waals surface area contributed by atoms with Crippen LogP contribution < -0.4 is 14.2 Å². The third-order valence-electron chi connectivity index (χ3n) is 10.4. The Balaban J connectivity index is 0.000000227. The Hall–Kier alpha value is -6.89. The number of hydrogen-bond donors (Lipinski definition) is 1. The van der Waals surface area contributed by atoms with E-state index in [1.807, 2.05) is 122 Å². The Morgan fingerprint density at radius 1 is 0.683 bits per heavy atom. The minimum absolute atomic E-state index is 0.0139. The van der Waals surface area contributed by atoms with Crippen molar-refractivity contribution in [2.45, 2.75) is 46.2 Å². The van der Waals surface area contributed by atoms with Crippen molar-refractivity contribution in [3.63, 3.8) is 0 Å². The quantitative estimate of drug-likeness (QED) is 0.112. The highest BCUT2D eigenvalue weighted by Gasteiger charge is 2.35. The van der Waals surface area contributed by atoms with Crippen LogP contribution in [0.3, 0.4) is 0 Å². The molecule has 0 radical (unpaired) electrons. The van der Waals surface area contributed by atoms with Crippen LogP contribution in [0.5, 0.6) is 17.2 Å².